The molecule has 2 rings (SSSR count). The third-order valence-electron chi connectivity index (χ3n) is 3.20. The molecule has 6 nitrogen and oxygen atoms in total. The van der Waals surface area contributed by atoms with E-state index in [1.807, 2.05) is 0 Å². The summed E-state index contributed by atoms with van der Waals surface area (Å²) in [6, 6.07) is 3.77. The molecule has 0 fully saturated rings. The lowest BCUT2D eigenvalue weighted by atomic mass is 10.1. The molecule has 1 aromatic rings. The molecule has 0 saturated carbocycles. The molecule has 24 heavy (non-hydrogen) atoms. The number of alkyl halides is 2. The highest BCUT2D eigenvalue weighted by Gasteiger charge is 2.56. The fraction of sp³-hybridized carbons (Fsp3) is 0.429. The van der Waals surface area contributed by atoms with Crippen LogP contribution in [0.5, 0.6) is 0 Å². The first-order valence-corrected chi connectivity index (χ1v) is 8.24. The topological polar surface area (TPSA) is 77.3 Å². The van der Waals surface area contributed by atoms with Crippen molar-refractivity contribution >= 4 is 20.6 Å². The minimum atomic E-state index is -5.20. The second-order valence-electron chi connectivity index (χ2n) is 5.66. The summed E-state index contributed by atoms with van der Waals surface area (Å²) in [5.41, 5.74) is -2.48. The lowest BCUT2D eigenvalue weighted by molar-refractivity contribution is 0.0123. The highest BCUT2D eigenvalue weighted by atomic mass is 32.2. The third kappa shape index (κ3) is 3.23. The molecule has 1 heterocycles. The van der Waals surface area contributed by atoms with E-state index in [4.69, 9.17) is 4.84 Å². The largest absolute Gasteiger partial charge is 0.399 e. The second-order valence-corrected chi connectivity index (χ2v) is 7.65. The Labute approximate surface area is 136 Å². The van der Waals surface area contributed by atoms with E-state index < -0.39 is 37.3 Å². The van der Waals surface area contributed by atoms with Gasteiger partial charge in [-0.25, -0.2) is 12.8 Å². The number of benzene rings is 1. The van der Waals surface area contributed by atoms with Gasteiger partial charge in [0.05, 0.1) is 0 Å². The molecule has 1 aliphatic heterocycles. The lowest BCUT2D eigenvalue weighted by Gasteiger charge is -2.19. The van der Waals surface area contributed by atoms with Crippen LogP contribution in [0.2, 0.25) is 0 Å². The van der Waals surface area contributed by atoms with Crippen LogP contribution in [0.1, 0.15) is 25.8 Å². The van der Waals surface area contributed by atoms with Crippen LogP contribution in [-0.2, 0) is 19.5 Å². The first-order chi connectivity index (χ1) is 11.0. The van der Waals surface area contributed by atoms with Crippen LogP contribution < -0.4 is 0 Å². The van der Waals surface area contributed by atoms with Crippen molar-refractivity contribution in [3.05, 3.63) is 35.6 Å². The number of sulfone groups is 1. The van der Waals surface area contributed by atoms with Crippen LogP contribution in [0.25, 0.3) is 0 Å². The fourth-order valence-electron chi connectivity index (χ4n) is 2.00. The van der Waals surface area contributed by atoms with Gasteiger partial charge in [0.15, 0.2) is 10.8 Å². The number of hydrogen-bond donors (Lipinski definition) is 0. The average molecular weight is 364 g/mol. The standard InChI is InChI=1S/C14H15F3N2O4S/c1-13(2)8-11(18-23-13)24(20,21)14(16,17)12(19-22-3)9-4-6-10(15)7-5-9/h4-7H,8H2,1-3H3/b19-12+. The van der Waals surface area contributed by atoms with Gasteiger partial charge in [-0.2, -0.15) is 8.78 Å². The van der Waals surface area contributed by atoms with Gasteiger partial charge >= 0.3 is 5.25 Å². The summed E-state index contributed by atoms with van der Waals surface area (Å²) in [5.74, 6) is -0.669. The van der Waals surface area contributed by atoms with E-state index in [0.717, 1.165) is 31.4 Å². The number of oxime groups is 2. The van der Waals surface area contributed by atoms with Gasteiger partial charge in [-0.15, -0.1) is 0 Å². The van der Waals surface area contributed by atoms with Gasteiger partial charge in [0.1, 0.15) is 18.5 Å². The Kier molecular flexibility index (Phi) is 4.62. The summed E-state index contributed by atoms with van der Waals surface area (Å²) >= 11 is 0. The molecule has 0 radical (unpaired) electrons. The summed E-state index contributed by atoms with van der Waals surface area (Å²) in [6.07, 6.45) is -0.311. The van der Waals surface area contributed by atoms with E-state index in [1.165, 1.54) is 13.8 Å². The molecule has 0 unspecified atom stereocenters. The molecule has 0 amide bonds. The predicted octanol–water partition coefficient (Wildman–Crippen LogP) is 2.70. The van der Waals surface area contributed by atoms with Crippen molar-refractivity contribution in [2.45, 2.75) is 31.1 Å². The Morgan fingerprint density at radius 1 is 1.33 bits per heavy atom. The Morgan fingerprint density at radius 2 is 1.92 bits per heavy atom. The maximum atomic E-state index is 14.7. The van der Waals surface area contributed by atoms with E-state index in [9.17, 15) is 21.6 Å². The zero-order chi connectivity index (χ0) is 18.2. The molecule has 132 valence electrons. The van der Waals surface area contributed by atoms with E-state index in [0.29, 0.717) is 0 Å². The molecule has 0 aliphatic carbocycles. The first-order valence-electron chi connectivity index (χ1n) is 6.76. The molecule has 0 N–H and O–H groups in total. The summed E-state index contributed by atoms with van der Waals surface area (Å²) in [4.78, 5) is 9.20. The SMILES string of the molecule is CO/N=C(\c1ccc(F)cc1)C(F)(F)S(=O)(=O)C1=NOC(C)(C)C1. The number of nitrogens with zero attached hydrogens (tertiary/aromatic N) is 2. The fourth-order valence-corrected chi connectivity index (χ4v) is 3.37. The van der Waals surface area contributed by atoms with Crippen LogP contribution in [0, 0.1) is 5.82 Å². The first kappa shape index (κ1) is 18.2. The van der Waals surface area contributed by atoms with Crippen molar-refractivity contribution in [3.63, 3.8) is 0 Å². The smallest absolute Gasteiger partial charge is 0.396 e. The Hall–Kier alpha value is -2.10. The second kappa shape index (κ2) is 6.08. The molecule has 0 atom stereocenters. The molecule has 0 saturated heterocycles. The van der Waals surface area contributed by atoms with Crippen LogP contribution in [0.3, 0.4) is 0 Å². The minimum Gasteiger partial charge on any atom is -0.399 e. The normalized spacial score (nSPS) is 18.1. The van der Waals surface area contributed by atoms with Gasteiger partial charge in [-0.05, 0) is 38.1 Å². The van der Waals surface area contributed by atoms with E-state index in [2.05, 4.69) is 15.1 Å². The van der Waals surface area contributed by atoms with Gasteiger partial charge < -0.3 is 9.68 Å². The molecule has 10 heteroatoms. The van der Waals surface area contributed by atoms with Gasteiger partial charge in [0.2, 0.25) is 0 Å². The van der Waals surface area contributed by atoms with Gasteiger partial charge in [-0.1, -0.05) is 10.3 Å². The van der Waals surface area contributed by atoms with Crippen molar-refractivity contribution < 1.29 is 31.3 Å². The van der Waals surface area contributed by atoms with Crippen LogP contribution >= 0.6 is 0 Å². The Balaban J connectivity index is 2.49. The van der Waals surface area contributed by atoms with Gasteiger partial charge in [-0.3, -0.25) is 0 Å². The maximum absolute atomic E-state index is 14.7. The predicted molar refractivity (Wildman–Crippen MR) is 81.0 cm³/mol. The highest BCUT2D eigenvalue weighted by molar-refractivity contribution is 8.08. The average Bonchev–Trinajstić information content (AvgIpc) is 2.86. The maximum Gasteiger partial charge on any atom is 0.396 e. The van der Waals surface area contributed by atoms with Crippen LogP contribution in [-0.4, -0.2) is 37.1 Å². The lowest BCUT2D eigenvalue weighted by Crippen LogP contribution is -2.43. The van der Waals surface area contributed by atoms with Crippen molar-refractivity contribution in [2.75, 3.05) is 7.11 Å². The number of rotatable bonds is 4. The molecule has 0 aromatic heterocycles. The molecule has 0 spiro atoms. The zero-order valence-electron chi connectivity index (χ0n) is 13.1. The quantitative estimate of drug-likeness (QED) is 0.608. The minimum absolute atomic E-state index is 0.300. The monoisotopic (exact) mass is 364 g/mol. The van der Waals surface area contributed by atoms with Gasteiger partial charge in [0.25, 0.3) is 9.84 Å². The van der Waals surface area contributed by atoms with Crippen molar-refractivity contribution in [2.24, 2.45) is 10.3 Å². The van der Waals surface area contributed by atoms with Crippen LogP contribution in [0.15, 0.2) is 34.6 Å². The molecule has 1 aromatic carbocycles. The zero-order valence-corrected chi connectivity index (χ0v) is 13.9. The molecule has 1 aliphatic rings. The number of halogens is 3. The summed E-state index contributed by atoms with van der Waals surface area (Å²) < 4.78 is 67.1. The van der Waals surface area contributed by atoms with E-state index >= 15 is 0 Å². The highest BCUT2D eigenvalue weighted by Crippen LogP contribution is 2.34. The van der Waals surface area contributed by atoms with Crippen molar-refractivity contribution in [1.82, 2.24) is 0 Å². The summed E-state index contributed by atoms with van der Waals surface area (Å²) in [7, 11) is -4.21. The van der Waals surface area contributed by atoms with Crippen molar-refractivity contribution in [3.8, 4) is 0 Å². The summed E-state index contributed by atoms with van der Waals surface area (Å²) in [6.45, 7) is 3.03. The third-order valence-corrected chi connectivity index (χ3v) is 4.90. The van der Waals surface area contributed by atoms with Gasteiger partial charge in [0, 0.05) is 12.0 Å². The van der Waals surface area contributed by atoms with E-state index in [-0.39, 0.29) is 12.0 Å². The number of hydrogen-bond acceptors (Lipinski definition) is 6. The van der Waals surface area contributed by atoms with Crippen LogP contribution in [0.4, 0.5) is 13.2 Å². The van der Waals surface area contributed by atoms with E-state index in [1.54, 1.807) is 0 Å². The molecular weight excluding hydrogens is 349 g/mol. The summed E-state index contributed by atoms with van der Waals surface area (Å²) in [5, 5.41) is 1.18. The molecule has 0 bridgehead atoms. The Bertz CT molecular complexity index is 787. The Morgan fingerprint density at radius 3 is 2.38 bits per heavy atom. The van der Waals surface area contributed by atoms with Crippen molar-refractivity contribution in [1.29, 1.82) is 0 Å². The molecular formula is C14H15F3N2O4S.